The standard InChI is InChI=1S/C15H17FN2/c1-10-7-8-12(14(9-10)18-2)15(17)11-5-3-4-6-13(11)16/h3-9,15,18H,17H2,1-2H3. The van der Waals surface area contributed by atoms with E-state index in [0.717, 1.165) is 16.8 Å². The first kappa shape index (κ1) is 12.6. The zero-order valence-electron chi connectivity index (χ0n) is 10.6. The van der Waals surface area contributed by atoms with Gasteiger partial charge in [-0.25, -0.2) is 4.39 Å². The van der Waals surface area contributed by atoms with Crippen LogP contribution in [0.4, 0.5) is 10.1 Å². The molecule has 2 aromatic rings. The summed E-state index contributed by atoms with van der Waals surface area (Å²) in [6.45, 7) is 2.01. The summed E-state index contributed by atoms with van der Waals surface area (Å²) < 4.78 is 13.7. The average Bonchev–Trinajstić information content (AvgIpc) is 2.38. The zero-order valence-corrected chi connectivity index (χ0v) is 10.6. The van der Waals surface area contributed by atoms with Crippen molar-refractivity contribution < 1.29 is 4.39 Å². The van der Waals surface area contributed by atoms with E-state index < -0.39 is 6.04 Å². The van der Waals surface area contributed by atoms with Crippen LogP contribution in [0.2, 0.25) is 0 Å². The third-order valence-electron chi connectivity index (χ3n) is 3.05. The molecular weight excluding hydrogens is 227 g/mol. The van der Waals surface area contributed by atoms with Crippen LogP contribution in [0.5, 0.6) is 0 Å². The number of nitrogens with two attached hydrogens (primary N) is 1. The highest BCUT2D eigenvalue weighted by Gasteiger charge is 2.15. The molecule has 0 heterocycles. The zero-order chi connectivity index (χ0) is 13.1. The van der Waals surface area contributed by atoms with E-state index in [2.05, 4.69) is 5.32 Å². The van der Waals surface area contributed by atoms with Gasteiger partial charge in [-0.3, -0.25) is 0 Å². The van der Waals surface area contributed by atoms with Gasteiger partial charge in [-0.2, -0.15) is 0 Å². The van der Waals surface area contributed by atoms with Crippen LogP contribution in [0.1, 0.15) is 22.7 Å². The maximum absolute atomic E-state index is 13.7. The van der Waals surface area contributed by atoms with Crippen LogP contribution >= 0.6 is 0 Å². The topological polar surface area (TPSA) is 38.0 Å². The lowest BCUT2D eigenvalue weighted by Crippen LogP contribution is -2.15. The molecule has 18 heavy (non-hydrogen) atoms. The summed E-state index contributed by atoms with van der Waals surface area (Å²) in [6.07, 6.45) is 0. The predicted molar refractivity (Wildman–Crippen MR) is 73.2 cm³/mol. The predicted octanol–water partition coefficient (Wildman–Crippen LogP) is 3.22. The molecule has 0 spiro atoms. The van der Waals surface area contributed by atoms with Crippen molar-refractivity contribution in [1.29, 1.82) is 0 Å². The number of rotatable bonds is 3. The Morgan fingerprint density at radius 3 is 2.50 bits per heavy atom. The van der Waals surface area contributed by atoms with Gasteiger partial charge in [0.2, 0.25) is 0 Å². The van der Waals surface area contributed by atoms with Crippen molar-refractivity contribution in [1.82, 2.24) is 0 Å². The number of halogens is 1. The molecule has 2 nitrogen and oxygen atoms in total. The summed E-state index contributed by atoms with van der Waals surface area (Å²) in [7, 11) is 1.84. The summed E-state index contributed by atoms with van der Waals surface area (Å²) in [5.41, 5.74) is 9.65. The maximum Gasteiger partial charge on any atom is 0.128 e. The Morgan fingerprint density at radius 2 is 1.83 bits per heavy atom. The van der Waals surface area contributed by atoms with Gasteiger partial charge in [0, 0.05) is 18.3 Å². The molecule has 0 fully saturated rings. The maximum atomic E-state index is 13.7. The molecule has 1 atom stereocenters. The molecule has 0 aromatic heterocycles. The summed E-state index contributed by atoms with van der Waals surface area (Å²) >= 11 is 0. The van der Waals surface area contributed by atoms with Crippen LogP contribution < -0.4 is 11.1 Å². The van der Waals surface area contributed by atoms with Crippen LogP contribution in [0.3, 0.4) is 0 Å². The van der Waals surface area contributed by atoms with Gasteiger partial charge in [0.05, 0.1) is 6.04 Å². The first-order chi connectivity index (χ1) is 8.63. The molecular formula is C15H17FN2. The van der Waals surface area contributed by atoms with E-state index >= 15 is 0 Å². The minimum atomic E-state index is -0.464. The first-order valence-electron chi connectivity index (χ1n) is 5.92. The van der Waals surface area contributed by atoms with Gasteiger partial charge in [0.15, 0.2) is 0 Å². The van der Waals surface area contributed by atoms with Gasteiger partial charge in [0.1, 0.15) is 5.82 Å². The second-order valence-corrected chi connectivity index (χ2v) is 4.34. The van der Waals surface area contributed by atoms with Crippen molar-refractivity contribution in [3.8, 4) is 0 Å². The first-order valence-corrected chi connectivity index (χ1v) is 5.92. The largest absolute Gasteiger partial charge is 0.388 e. The highest BCUT2D eigenvalue weighted by Crippen LogP contribution is 2.28. The molecule has 2 aromatic carbocycles. The lowest BCUT2D eigenvalue weighted by Gasteiger charge is -2.18. The summed E-state index contributed by atoms with van der Waals surface area (Å²) in [6, 6.07) is 12.1. The highest BCUT2D eigenvalue weighted by atomic mass is 19.1. The molecule has 0 aliphatic rings. The van der Waals surface area contributed by atoms with E-state index in [4.69, 9.17) is 5.73 Å². The molecule has 2 rings (SSSR count). The Morgan fingerprint density at radius 1 is 1.11 bits per heavy atom. The third-order valence-corrected chi connectivity index (χ3v) is 3.05. The fraction of sp³-hybridized carbons (Fsp3) is 0.200. The monoisotopic (exact) mass is 244 g/mol. The van der Waals surface area contributed by atoms with E-state index in [9.17, 15) is 4.39 Å². The number of hydrogen-bond acceptors (Lipinski definition) is 2. The van der Waals surface area contributed by atoms with Gasteiger partial charge in [-0.1, -0.05) is 30.3 Å². The van der Waals surface area contributed by atoms with Crippen LogP contribution in [-0.2, 0) is 0 Å². The Balaban J connectivity index is 2.46. The van der Waals surface area contributed by atoms with E-state index in [-0.39, 0.29) is 5.82 Å². The molecule has 0 amide bonds. The Hall–Kier alpha value is -1.87. The van der Waals surface area contributed by atoms with Crippen molar-refractivity contribution in [3.05, 3.63) is 65.0 Å². The van der Waals surface area contributed by atoms with Crippen LogP contribution in [0.25, 0.3) is 0 Å². The lowest BCUT2D eigenvalue weighted by molar-refractivity contribution is 0.600. The normalized spacial score (nSPS) is 12.2. The fourth-order valence-corrected chi connectivity index (χ4v) is 2.05. The van der Waals surface area contributed by atoms with Gasteiger partial charge < -0.3 is 11.1 Å². The average molecular weight is 244 g/mol. The number of aryl methyl sites for hydroxylation is 1. The molecule has 0 saturated carbocycles. The van der Waals surface area contributed by atoms with Gasteiger partial charge in [-0.15, -0.1) is 0 Å². The van der Waals surface area contributed by atoms with E-state index in [1.165, 1.54) is 6.07 Å². The van der Waals surface area contributed by atoms with Crippen molar-refractivity contribution in [2.45, 2.75) is 13.0 Å². The molecule has 0 bridgehead atoms. The van der Waals surface area contributed by atoms with Crippen molar-refractivity contribution in [2.75, 3.05) is 12.4 Å². The van der Waals surface area contributed by atoms with E-state index in [0.29, 0.717) is 5.56 Å². The second kappa shape index (κ2) is 5.19. The summed E-state index contributed by atoms with van der Waals surface area (Å²) in [4.78, 5) is 0. The quantitative estimate of drug-likeness (QED) is 0.870. The fourth-order valence-electron chi connectivity index (χ4n) is 2.05. The number of benzene rings is 2. The van der Waals surface area contributed by atoms with Crippen molar-refractivity contribution in [2.24, 2.45) is 5.73 Å². The number of nitrogens with one attached hydrogen (secondary N) is 1. The Kier molecular flexibility index (Phi) is 3.63. The molecule has 3 N–H and O–H groups in total. The van der Waals surface area contributed by atoms with Crippen LogP contribution in [0, 0.1) is 12.7 Å². The van der Waals surface area contributed by atoms with Crippen molar-refractivity contribution in [3.63, 3.8) is 0 Å². The SMILES string of the molecule is CNc1cc(C)ccc1C(N)c1ccccc1F. The molecule has 0 aliphatic carbocycles. The van der Waals surface area contributed by atoms with Crippen molar-refractivity contribution >= 4 is 5.69 Å². The third kappa shape index (κ3) is 2.36. The number of hydrogen-bond donors (Lipinski definition) is 2. The lowest BCUT2D eigenvalue weighted by atomic mass is 9.96. The highest BCUT2D eigenvalue weighted by molar-refractivity contribution is 5.56. The van der Waals surface area contributed by atoms with Gasteiger partial charge >= 0.3 is 0 Å². The Bertz CT molecular complexity index is 552. The minimum absolute atomic E-state index is 0.271. The van der Waals surface area contributed by atoms with Crippen LogP contribution in [-0.4, -0.2) is 7.05 Å². The molecule has 94 valence electrons. The number of anilines is 1. The second-order valence-electron chi connectivity index (χ2n) is 4.34. The smallest absolute Gasteiger partial charge is 0.128 e. The molecule has 3 heteroatoms. The molecule has 0 saturated heterocycles. The molecule has 1 unspecified atom stereocenters. The van der Waals surface area contributed by atoms with Crippen LogP contribution in [0.15, 0.2) is 42.5 Å². The van der Waals surface area contributed by atoms with Gasteiger partial charge in [-0.05, 0) is 30.2 Å². The minimum Gasteiger partial charge on any atom is -0.388 e. The van der Waals surface area contributed by atoms with E-state index in [1.807, 2.05) is 32.2 Å². The summed E-state index contributed by atoms with van der Waals surface area (Å²) in [5.74, 6) is -0.271. The Labute approximate surface area is 107 Å². The van der Waals surface area contributed by atoms with E-state index in [1.54, 1.807) is 18.2 Å². The summed E-state index contributed by atoms with van der Waals surface area (Å²) in [5, 5.41) is 3.10. The molecule has 0 aliphatic heterocycles. The van der Waals surface area contributed by atoms with Gasteiger partial charge in [0.25, 0.3) is 0 Å². The molecule has 0 radical (unpaired) electrons.